The number of amides is 1. The Bertz CT molecular complexity index is 383. The Morgan fingerprint density at radius 1 is 1.50 bits per heavy atom. The van der Waals surface area contributed by atoms with Crippen molar-refractivity contribution >= 4 is 5.91 Å². The number of carbonyl (C=O) groups is 1. The fourth-order valence-corrected chi connectivity index (χ4v) is 2.37. The highest BCUT2D eigenvalue weighted by molar-refractivity contribution is 5.77. The molecule has 1 aliphatic heterocycles. The van der Waals surface area contributed by atoms with Gasteiger partial charge in [0.15, 0.2) is 0 Å². The number of piperidine rings is 1. The van der Waals surface area contributed by atoms with Crippen molar-refractivity contribution in [3.63, 3.8) is 0 Å². The number of rotatable bonds is 4. The topological polar surface area (TPSA) is 55.3 Å². The zero-order valence-electron chi connectivity index (χ0n) is 10.7. The predicted molar refractivity (Wildman–Crippen MR) is 66.9 cm³/mol. The molecule has 1 aliphatic rings. The van der Waals surface area contributed by atoms with E-state index in [9.17, 15) is 4.79 Å². The molecule has 1 amide bonds. The first-order chi connectivity index (χ1) is 8.79. The van der Waals surface area contributed by atoms with Gasteiger partial charge in [0.25, 0.3) is 0 Å². The SMILES string of the molecule is COCC(=O)N1CCC[C@H](Cc2ncccn2)C1. The van der Waals surface area contributed by atoms with E-state index in [0.717, 1.165) is 38.2 Å². The second kappa shape index (κ2) is 6.44. The molecule has 0 bridgehead atoms. The van der Waals surface area contributed by atoms with Crippen LogP contribution in [0.5, 0.6) is 0 Å². The van der Waals surface area contributed by atoms with Gasteiger partial charge in [-0.1, -0.05) is 0 Å². The van der Waals surface area contributed by atoms with Crippen molar-refractivity contribution in [1.82, 2.24) is 14.9 Å². The van der Waals surface area contributed by atoms with Crippen molar-refractivity contribution in [2.45, 2.75) is 19.3 Å². The molecule has 0 unspecified atom stereocenters. The molecule has 98 valence electrons. The molecule has 0 spiro atoms. The molecule has 5 nitrogen and oxygen atoms in total. The molecular weight excluding hydrogens is 230 g/mol. The van der Waals surface area contributed by atoms with E-state index in [0.29, 0.717) is 5.92 Å². The van der Waals surface area contributed by atoms with E-state index in [1.807, 2.05) is 11.0 Å². The van der Waals surface area contributed by atoms with E-state index < -0.39 is 0 Å². The van der Waals surface area contributed by atoms with Crippen molar-refractivity contribution in [3.8, 4) is 0 Å². The number of likely N-dealkylation sites (tertiary alicyclic amines) is 1. The number of methoxy groups -OCH3 is 1. The summed E-state index contributed by atoms with van der Waals surface area (Å²) < 4.78 is 4.89. The Balaban J connectivity index is 1.89. The zero-order chi connectivity index (χ0) is 12.8. The second-order valence-electron chi connectivity index (χ2n) is 4.65. The Hall–Kier alpha value is -1.49. The number of hydrogen-bond acceptors (Lipinski definition) is 4. The second-order valence-corrected chi connectivity index (χ2v) is 4.65. The summed E-state index contributed by atoms with van der Waals surface area (Å²) in [5.74, 6) is 1.40. The fourth-order valence-electron chi connectivity index (χ4n) is 2.37. The number of ether oxygens (including phenoxy) is 1. The van der Waals surface area contributed by atoms with Gasteiger partial charge in [-0.3, -0.25) is 4.79 Å². The van der Waals surface area contributed by atoms with Gasteiger partial charge in [-0.05, 0) is 24.8 Å². The van der Waals surface area contributed by atoms with Gasteiger partial charge in [0.1, 0.15) is 12.4 Å². The molecule has 2 rings (SSSR count). The standard InChI is InChI=1S/C13H19N3O2/c1-18-10-13(17)16-7-2-4-11(9-16)8-12-14-5-3-6-15-12/h3,5-6,11H,2,4,7-10H2,1H3/t11-/m1/s1. The van der Waals surface area contributed by atoms with E-state index in [1.54, 1.807) is 19.5 Å². The Morgan fingerprint density at radius 3 is 3.00 bits per heavy atom. The largest absolute Gasteiger partial charge is 0.375 e. The molecule has 1 fully saturated rings. The van der Waals surface area contributed by atoms with E-state index in [2.05, 4.69) is 9.97 Å². The molecule has 2 heterocycles. The molecule has 0 N–H and O–H groups in total. The quantitative estimate of drug-likeness (QED) is 0.795. The maximum Gasteiger partial charge on any atom is 0.248 e. The molecule has 1 saturated heterocycles. The first kappa shape index (κ1) is 13.0. The molecule has 0 aliphatic carbocycles. The molecule has 1 aromatic rings. The van der Waals surface area contributed by atoms with Crippen LogP contribution in [-0.2, 0) is 16.0 Å². The van der Waals surface area contributed by atoms with Crippen molar-refractivity contribution in [2.24, 2.45) is 5.92 Å². The minimum Gasteiger partial charge on any atom is -0.375 e. The van der Waals surface area contributed by atoms with Crippen molar-refractivity contribution < 1.29 is 9.53 Å². The fraction of sp³-hybridized carbons (Fsp3) is 0.615. The van der Waals surface area contributed by atoms with Crippen molar-refractivity contribution in [1.29, 1.82) is 0 Å². The van der Waals surface area contributed by atoms with Gasteiger partial charge in [-0.2, -0.15) is 0 Å². The van der Waals surface area contributed by atoms with E-state index in [1.165, 1.54) is 0 Å². The van der Waals surface area contributed by atoms with Crippen molar-refractivity contribution in [3.05, 3.63) is 24.3 Å². The summed E-state index contributed by atoms with van der Waals surface area (Å²) in [4.78, 5) is 22.1. The van der Waals surface area contributed by atoms with Crippen molar-refractivity contribution in [2.75, 3.05) is 26.8 Å². The minimum atomic E-state index is 0.0798. The number of hydrogen-bond donors (Lipinski definition) is 0. The molecule has 0 radical (unpaired) electrons. The summed E-state index contributed by atoms with van der Waals surface area (Å²) in [7, 11) is 1.55. The van der Waals surface area contributed by atoms with Crippen LogP contribution in [0.3, 0.4) is 0 Å². The lowest BCUT2D eigenvalue weighted by Crippen LogP contribution is -2.42. The summed E-state index contributed by atoms with van der Waals surface area (Å²) in [6.07, 6.45) is 6.55. The third-order valence-corrected chi connectivity index (χ3v) is 3.23. The first-order valence-electron chi connectivity index (χ1n) is 6.32. The van der Waals surface area contributed by atoms with Gasteiger partial charge in [0, 0.05) is 39.0 Å². The summed E-state index contributed by atoms with van der Waals surface area (Å²) >= 11 is 0. The molecule has 0 saturated carbocycles. The Morgan fingerprint density at radius 2 is 2.28 bits per heavy atom. The van der Waals surface area contributed by atoms with Gasteiger partial charge >= 0.3 is 0 Å². The lowest BCUT2D eigenvalue weighted by atomic mass is 9.94. The van der Waals surface area contributed by atoms with Gasteiger partial charge in [0.05, 0.1) is 0 Å². The van der Waals surface area contributed by atoms with Crippen LogP contribution >= 0.6 is 0 Å². The third-order valence-electron chi connectivity index (χ3n) is 3.23. The summed E-state index contributed by atoms with van der Waals surface area (Å²) in [6.45, 7) is 1.81. The number of carbonyl (C=O) groups excluding carboxylic acids is 1. The van der Waals surface area contributed by atoms with Crippen LogP contribution in [0.15, 0.2) is 18.5 Å². The van der Waals surface area contributed by atoms with E-state index in [4.69, 9.17) is 4.74 Å². The van der Waals surface area contributed by atoms with Gasteiger partial charge in [-0.25, -0.2) is 9.97 Å². The highest BCUT2D eigenvalue weighted by Crippen LogP contribution is 2.19. The average Bonchev–Trinajstić information content (AvgIpc) is 2.40. The maximum absolute atomic E-state index is 11.8. The minimum absolute atomic E-state index is 0.0798. The van der Waals surface area contributed by atoms with Crippen LogP contribution in [0.25, 0.3) is 0 Å². The van der Waals surface area contributed by atoms with Crippen LogP contribution < -0.4 is 0 Å². The molecule has 1 atom stereocenters. The van der Waals surface area contributed by atoms with E-state index >= 15 is 0 Å². The third kappa shape index (κ3) is 3.50. The monoisotopic (exact) mass is 249 g/mol. The molecular formula is C13H19N3O2. The van der Waals surface area contributed by atoms with Crippen LogP contribution in [0.2, 0.25) is 0 Å². The Labute approximate surface area is 107 Å². The summed E-state index contributed by atoms with van der Waals surface area (Å²) in [5, 5.41) is 0. The highest BCUT2D eigenvalue weighted by atomic mass is 16.5. The lowest BCUT2D eigenvalue weighted by molar-refractivity contribution is -0.136. The molecule has 0 aromatic carbocycles. The van der Waals surface area contributed by atoms with Crippen LogP contribution in [-0.4, -0.2) is 47.6 Å². The smallest absolute Gasteiger partial charge is 0.248 e. The van der Waals surface area contributed by atoms with Crippen LogP contribution in [0.1, 0.15) is 18.7 Å². The Kier molecular flexibility index (Phi) is 4.64. The van der Waals surface area contributed by atoms with E-state index in [-0.39, 0.29) is 12.5 Å². The summed E-state index contributed by atoms with van der Waals surface area (Å²) in [5.41, 5.74) is 0. The molecule has 5 heteroatoms. The summed E-state index contributed by atoms with van der Waals surface area (Å²) in [6, 6.07) is 1.82. The molecule has 18 heavy (non-hydrogen) atoms. The van der Waals surface area contributed by atoms with Gasteiger partial charge < -0.3 is 9.64 Å². The van der Waals surface area contributed by atoms with Crippen LogP contribution in [0.4, 0.5) is 0 Å². The first-order valence-corrected chi connectivity index (χ1v) is 6.32. The number of nitrogens with zero attached hydrogens (tertiary/aromatic N) is 3. The van der Waals surface area contributed by atoms with Gasteiger partial charge in [-0.15, -0.1) is 0 Å². The number of aromatic nitrogens is 2. The highest BCUT2D eigenvalue weighted by Gasteiger charge is 2.24. The van der Waals surface area contributed by atoms with Gasteiger partial charge in [0.2, 0.25) is 5.91 Å². The molecule has 1 aromatic heterocycles. The zero-order valence-corrected chi connectivity index (χ0v) is 10.7. The predicted octanol–water partition coefficient (Wildman–Crippen LogP) is 0.904. The average molecular weight is 249 g/mol. The normalized spacial score (nSPS) is 19.8. The lowest BCUT2D eigenvalue weighted by Gasteiger charge is -2.32. The van der Waals surface area contributed by atoms with Crippen LogP contribution in [0, 0.1) is 5.92 Å². The maximum atomic E-state index is 11.8.